The van der Waals surface area contributed by atoms with Crippen molar-refractivity contribution in [2.45, 2.75) is 25.2 Å². The molecule has 5 heteroatoms. The zero-order valence-electron chi connectivity index (χ0n) is 15.0. The quantitative estimate of drug-likeness (QED) is 0.565. The Morgan fingerprint density at radius 3 is 2.48 bits per heavy atom. The first-order valence-electron chi connectivity index (χ1n) is 8.46. The van der Waals surface area contributed by atoms with Crippen LogP contribution in [0.25, 0.3) is 22.0 Å². The van der Waals surface area contributed by atoms with E-state index in [2.05, 4.69) is 24.0 Å². The van der Waals surface area contributed by atoms with E-state index in [9.17, 15) is 8.42 Å². The van der Waals surface area contributed by atoms with Crippen LogP contribution < -0.4 is 0 Å². The van der Waals surface area contributed by atoms with E-state index in [4.69, 9.17) is 0 Å². The molecule has 4 nitrogen and oxygen atoms in total. The maximum atomic E-state index is 13.3. The molecule has 25 heavy (non-hydrogen) atoms. The van der Waals surface area contributed by atoms with Gasteiger partial charge in [0.2, 0.25) is 0 Å². The Morgan fingerprint density at radius 2 is 1.76 bits per heavy atom. The molecule has 0 amide bonds. The average Bonchev–Trinajstić information content (AvgIpc) is 2.83. The van der Waals surface area contributed by atoms with Gasteiger partial charge in [-0.3, -0.25) is 0 Å². The average molecular weight is 354 g/mol. The third-order valence-electron chi connectivity index (χ3n) is 5.03. The summed E-state index contributed by atoms with van der Waals surface area (Å²) in [7, 11) is 0.509. The van der Waals surface area contributed by atoms with Crippen LogP contribution in [0.4, 0.5) is 0 Å². The van der Waals surface area contributed by atoms with Gasteiger partial charge in [-0.2, -0.15) is 0 Å². The van der Waals surface area contributed by atoms with Gasteiger partial charge in [-0.1, -0.05) is 18.2 Å². The predicted octanol–water partition coefficient (Wildman–Crippen LogP) is 3.58. The summed E-state index contributed by atoms with van der Waals surface area (Å²) in [5.74, 6) is 0. The minimum atomic E-state index is -3.57. The van der Waals surface area contributed by atoms with Crippen molar-refractivity contribution >= 4 is 20.9 Å². The molecule has 1 aliphatic rings. The molecule has 3 aromatic rings. The molecule has 0 aliphatic carbocycles. The van der Waals surface area contributed by atoms with Gasteiger partial charge in [0.15, 0.2) is 0 Å². The van der Waals surface area contributed by atoms with Gasteiger partial charge in [0.25, 0.3) is 10.0 Å². The maximum absolute atomic E-state index is 13.3. The van der Waals surface area contributed by atoms with Crippen LogP contribution in [0.2, 0.25) is 0 Å². The van der Waals surface area contributed by atoms with Crippen molar-refractivity contribution in [3.8, 4) is 11.1 Å². The van der Waals surface area contributed by atoms with Gasteiger partial charge < -0.3 is 4.90 Å². The Labute approximate surface area is 148 Å². The van der Waals surface area contributed by atoms with Gasteiger partial charge in [-0.25, -0.2) is 12.4 Å². The van der Waals surface area contributed by atoms with E-state index in [0.717, 1.165) is 51.8 Å². The molecule has 130 valence electrons. The molecule has 4 rings (SSSR count). The molecule has 1 aliphatic heterocycles. The van der Waals surface area contributed by atoms with Crippen LogP contribution in [0.3, 0.4) is 0 Å². The number of hydrogen-bond donors (Lipinski definition) is 0. The second-order valence-corrected chi connectivity index (χ2v) is 8.85. The molecular formula is C20H22N2O2S. The number of hydrogen-bond acceptors (Lipinski definition) is 3. The fourth-order valence-electron chi connectivity index (χ4n) is 3.88. The summed E-state index contributed by atoms with van der Waals surface area (Å²) in [5, 5.41) is 1.06. The second kappa shape index (κ2) is 5.44. The SMILES string of the molecule is Cc1cc2c3c(c1)c(CCN(C)C)c(C)n3S(=O)(=O)c1ccccc1-2. The highest BCUT2D eigenvalue weighted by molar-refractivity contribution is 7.90. The Kier molecular flexibility index (Phi) is 3.56. The molecular weight excluding hydrogens is 332 g/mol. The van der Waals surface area contributed by atoms with Crippen molar-refractivity contribution in [1.29, 1.82) is 0 Å². The molecule has 1 aromatic heterocycles. The minimum Gasteiger partial charge on any atom is -0.309 e. The van der Waals surface area contributed by atoms with Gasteiger partial charge in [0.1, 0.15) is 0 Å². The fraction of sp³-hybridized carbons (Fsp3) is 0.300. The van der Waals surface area contributed by atoms with Crippen molar-refractivity contribution in [3.63, 3.8) is 0 Å². The van der Waals surface area contributed by atoms with Crippen LogP contribution in [0.5, 0.6) is 0 Å². The van der Waals surface area contributed by atoms with Gasteiger partial charge in [-0.15, -0.1) is 0 Å². The largest absolute Gasteiger partial charge is 0.309 e. The predicted molar refractivity (Wildman–Crippen MR) is 102 cm³/mol. The number of likely N-dealkylation sites (N-methyl/N-ethyl adjacent to an activating group) is 1. The second-order valence-electron chi connectivity index (χ2n) is 7.09. The third-order valence-corrected chi connectivity index (χ3v) is 6.88. The van der Waals surface area contributed by atoms with Crippen molar-refractivity contribution in [1.82, 2.24) is 8.87 Å². The molecule has 0 spiro atoms. The van der Waals surface area contributed by atoms with Gasteiger partial charge in [-0.05, 0) is 63.7 Å². The lowest BCUT2D eigenvalue weighted by atomic mass is 9.98. The van der Waals surface area contributed by atoms with Crippen LogP contribution in [0, 0.1) is 13.8 Å². The van der Waals surface area contributed by atoms with E-state index in [1.807, 2.05) is 33.2 Å². The molecule has 0 atom stereocenters. The van der Waals surface area contributed by atoms with E-state index in [-0.39, 0.29) is 0 Å². The Balaban J connectivity index is 2.14. The smallest absolute Gasteiger partial charge is 0.269 e. The molecule has 2 heterocycles. The summed E-state index contributed by atoms with van der Waals surface area (Å²) in [6, 6.07) is 11.5. The van der Waals surface area contributed by atoms with E-state index < -0.39 is 10.0 Å². The lowest BCUT2D eigenvalue weighted by Crippen LogP contribution is -2.19. The molecule has 0 N–H and O–H groups in total. The lowest BCUT2D eigenvalue weighted by Gasteiger charge is -2.21. The summed E-state index contributed by atoms with van der Waals surface area (Å²) in [6.07, 6.45) is 0.830. The molecule has 0 fully saturated rings. The van der Waals surface area contributed by atoms with E-state index in [0.29, 0.717) is 4.90 Å². The molecule has 0 radical (unpaired) electrons. The summed E-state index contributed by atoms with van der Waals surface area (Å²) in [4.78, 5) is 2.52. The van der Waals surface area contributed by atoms with Crippen LogP contribution in [0.15, 0.2) is 41.3 Å². The Hall–Kier alpha value is -2.11. The fourth-order valence-corrected chi connectivity index (χ4v) is 5.69. The first-order chi connectivity index (χ1) is 11.8. The third kappa shape index (κ3) is 2.26. The van der Waals surface area contributed by atoms with Crippen LogP contribution in [0.1, 0.15) is 16.8 Å². The van der Waals surface area contributed by atoms with Crippen molar-refractivity contribution in [3.05, 3.63) is 53.2 Å². The number of aryl methyl sites for hydroxylation is 1. The van der Waals surface area contributed by atoms with Gasteiger partial charge in [0.05, 0.1) is 10.4 Å². The van der Waals surface area contributed by atoms with Crippen LogP contribution in [-0.4, -0.2) is 37.9 Å². The number of benzene rings is 2. The van der Waals surface area contributed by atoms with Gasteiger partial charge >= 0.3 is 0 Å². The monoisotopic (exact) mass is 354 g/mol. The first-order valence-corrected chi connectivity index (χ1v) is 9.90. The van der Waals surface area contributed by atoms with E-state index in [1.54, 1.807) is 16.1 Å². The highest BCUT2D eigenvalue weighted by Crippen LogP contribution is 2.43. The topological polar surface area (TPSA) is 42.3 Å². The highest BCUT2D eigenvalue weighted by atomic mass is 32.2. The Bertz CT molecular complexity index is 1110. The molecule has 0 bridgehead atoms. The van der Waals surface area contributed by atoms with E-state index in [1.165, 1.54) is 0 Å². The normalized spacial score (nSPS) is 14.9. The first kappa shape index (κ1) is 16.4. The standard InChI is InChI=1S/C20H22N2O2S/c1-13-11-17-15(9-10-21(3)4)14(2)22-20(17)18(12-13)16-7-5-6-8-19(16)25(22,23)24/h5-8,11-12H,9-10H2,1-4H3. The minimum absolute atomic E-state index is 0.396. The lowest BCUT2D eigenvalue weighted by molar-refractivity contribution is 0.414. The number of nitrogens with zero attached hydrogens (tertiary/aromatic N) is 2. The van der Waals surface area contributed by atoms with E-state index >= 15 is 0 Å². The zero-order valence-corrected chi connectivity index (χ0v) is 15.8. The maximum Gasteiger partial charge on any atom is 0.269 e. The number of rotatable bonds is 3. The summed E-state index contributed by atoms with van der Waals surface area (Å²) in [5.41, 5.74) is 5.76. The number of aromatic nitrogens is 1. The van der Waals surface area contributed by atoms with Crippen LogP contribution in [-0.2, 0) is 16.4 Å². The van der Waals surface area contributed by atoms with Crippen molar-refractivity contribution in [2.75, 3.05) is 20.6 Å². The Morgan fingerprint density at radius 1 is 1.04 bits per heavy atom. The van der Waals surface area contributed by atoms with Crippen molar-refractivity contribution in [2.24, 2.45) is 0 Å². The molecule has 0 saturated carbocycles. The number of fused-ring (bicyclic) bond motifs is 2. The van der Waals surface area contributed by atoms with Crippen LogP contribution >= 0.6 is 0 Å². The highest BCUT2D eigenvalue weighted by Gasteiger charge is 2.33. The zero-order chi connectivity index (χ0) is 17.9. The summed E-state index contributed by atoms with van der Waals surface area (Å²) >= 11 is 0. The molecule has 0 saturated heterocycles. The van der Waals surface area contributed by atoms with Gasteiger partial charge in [0, 0.05) is 28.8 Å². The van der Waals surface area contributed by atoms with Crippen molar-refractivity contribution < 1.29 is 8.42 Å². The summed E-state index contributed by atoms with van der Waals surface area (Å²) < 4.78 is 28.1. The molecule has 2 aromatic carbocycles. The summed E-state index contributed by atoms with van der Waals surface area (Å²) in [6.45, 7) is 4.88. The molecule has 0 unspecified atom stereocenters.